The maximum Gasteiger partial charge on any atom is 0.193 e. The summed E-state index contributed by atoms with van der Waals surface area (Å²) in [6.45, 7) is 7.64. The Morgan fingerprint density at radius 2 is 2.12 bits per heavy atom. The number of hydrogen-bond acceptors (Lipinski definition) is 3. The van der Waals surface area contributed by atoms with E-state index in [1.165, 1.54) is 31.5 Å². The summed E-state index contributed by atoms with van der Waals surface area (Å²) in [5, 5.41) is 3.48. The summed E-state index contributed by atoms with van der Waals surface area (Å²) in [7, 11) is 5.61. The molecule has 0 aromatic heterocycles. The van der Waals surface area contributed by atoms with Crippen LogP contribution >= 0.6 is 0 Å². The van der Waals surface area contributed by atoms with Crippen molar-refractivity contribution in [2.24, 2.45) is 10.9 Å². The van der Waals surface area contributed by atoms with E-state index in [1.54, 1.807) is 7.11 Å². The highest BCUT2D eigenvalue weighted by molar-refractivity contribution is 5.79. The van der Waals surface area contributed by atoms with Crippen molar-refractivity contribution in [3.8, 4) is 5.75 Å². The summed E-state index contributed by atoms with van der Waals surface area (Å²) in [6.07, 6.45) is 2.70. The van der Waals surface area contributed by atoms with Gasteiger partial charge in [0.05, 0.1) is 7.11 Å². The molecule has 1 unspecified atom stereocenters. The van der Waals surface area contributed by atoms with Crippen LogP contribution in [-0.4, -0.2) is 63.1 Å². The van der Waals surface area contributed by atoms with Crippen molar-refractivity contribution in [3.63, 3.8) is 0 Å². The molecule has 1 N–H and O–H groups in total. The quantitative estimate of drug-likeness (QED) is 0.642. The zero-order valence-electron chi connectivity index (χ0n) is 15.6. The van der Waals surface area contributed by atoms with Crippen LogP contribution in [0.15, 0.2) is 29.3 Å². The molecule has 1 aliphatic heterocycles. The molecule has 1 aromatic carbocycles. The fraction of sp³-hybridized carbons (Fsp3) is 0.632. The average Bonchev–Trinajstić information content (AvgIpc) is 2.59. The van der Waals surface area contributed by atoms with Gasteiger partial charge < -0.3 is 19.9 Å². The topological polar surface area (TPSA) is 40.1 Å². The minimum atomic E-state index is 0.824. The lowest BCUT2D eigenvalue weighted by molar-refractivity contribution is 0.186. The second-order valence-electron chi connectivity index (χ2n) is 6.73. The summed E-state index contributed by atoms with van der Waals surface area (Å²) in [6, 6.07) is 8.18. The SMILES string of the molecule is CN=C(NCCN1CCCC(C)C1)N(C)Cc1ccc(OC)cc1. The van der Waals surface area contributed by atoms with Crippen LogP contribution in [0.25, 0.3) is 0 Å². The number of aliphatic imine (C=N–C) groups is 1. The van der Waals surface area contributed by atoms with E-state index in [9.17, 15) is 0 Å². The molecule has 5 nitrogen and oxygen atoms in total. The van der Waals surface area contributed by atoms with Crippen molar-refractivity contribution in [3.05, 3.63) is 29.8 Å². The molecule has 134 valence electrons. The van der Waals surface area contributed by atoms with Crippen LogP contribution in [0.5, 0.6) is 5.75 Å². The largest absolute Gasteiger partial charge is 0.497 e. The van der Waals surface area contributed by atoms with E-state index in [-0.39, 0.29) is 0 Å². The molecule has 0 amide bonds. The molecular formula is C19H32N4O. The molecule has 0 saturated carbocycles. The highest BCUT2D eigenvalue weighted by Gasteiger charge is 2.16. The van der Waals surface area contributed by atoms with Crippen LogP contribution in [0, 0.1) is 5.92 Å². The van der Waals surface area contributed by atoms with Gasteiger partial charge in [0.25, 0.3) is 0 Å². The molecule has 0 spiro atoms. The average molecular weight is 332 g/mol. The lowest BCUT2D eigenvalue weighted by atomic mass is 10.0. The van der Waals surface area contributed by atoms with Gasteiger partial charge in [0, 0.05) is 40.3 Å². The first kappa shape index (κ1) is 18.6. The second kappa shape index (κ2) is 9.52. The molecule has 1 atom stereocenters. The first-order chi connectivity index (χ1) is 11.6. The zero-order valence-corrected chi connectivity index (χ0v) is 15.6. The van der Waals surface area contributed by atoms with Gasteiger partial charge in [-0.1, -0.05) is 19.1 Å². The minimum absolute atomic E-state index is 0.824. The lowest BCUT2D eigenvalue weighted by Crippen LogP contribution is -2.44. The van der Waals surface area contributed by atoms with Gasteiger partial charge in [-0.2, -0.15) is 0 Å². The van der Waals surface area contributed by atoms with Gasteiger partial charge >= 0.3 is 0 Å². The number of guanidine groups is 1. The molecule has 1 fully saturated rings. The van der Waals surface area contributed by atoms with Gasteiger partial charge in [-0.25, -0.2) is 0 Å². The standard InChI is InChI=1S/C19H32N4O/c1-16-6-5-12-23(14-16)13-11-21-19(20-2)22(3)15-17-7-9-18(24-4)10-8-17/h7-10,16H,5-6,11-15H2,1-4H3,(H,20,21). The molecule has 0 aliphatic carbocycles. The Bertz CT molecular complexity index is 515. The van der Waals surface area contributed by atoms with Gasteiger partial charge in [-0.05, 0) is 43.0 Å². The molecular weight excluding hydrogens is 300 g/mol. The van der Waals surface area contributed by atoms with Crippen molar-refractivity contribution in [2.45, 2.75) is 26.3 Å². The van der Waals surface area contributed by atoms with E-state index in [2.05, 4.69) is 46.2 Å². The smallest absolute Gasteiger partial charge is 0.193 e. The molecule has 1 aromatic rings. The van der Waals surface area contributed by atoms with E-state index in [4.69, 9.17) is 4.74 Å². The van der Waals surface area contributed by atoms with Gasteiger partial charge in [0.2, 0.25) is 0 Å². The van der Waals surface area contributed by atoms with Gasteiger partial charge in [0.15, 0.2) is 5.96 Å². The number of ether oxygens (including phenoxy) is 1. The summed E-state index contributed by atoms with van der Waals surface area (Å²) >= 11 is 0. The van der Waals surface area contributed by atoms with Crippen LogP contribution in [0.4, 0.5) is 0 Å². The predicted octanol–water partition coefficient (Wildman–Crippen LogP) is 2.43. The van der Waals surface area contributed by atoms with Gasteiger partial charge in [0.1, 0.15) is 5.75 Å². The van der Waals surface area contributed by atoms with E-state index >= 15 is 0 Å². The Morgan fingerprint density at radius 1 is 1.38 bits per heavy atom. The van der Waals surface area contributed by atoms with Crippen LogP contribution in [-0.2, 0) is 6.54 Å². The number of nitrogens with one attached hydrogen (secondary N) is 1. The highest BCUT2D eigenvalue weighted by atomic mass is 16.5. The predicted molar refractivity (Wildman–Crippen MR) is 101 cm³/mol. The monoisotopic (exact) mass is 332 g/mol. The number of rotatable bonds is 6. The van der Waals surface area contributed by atoms with E-state index < -0.39 is 0 Å². The second-order valence-corrected chi connectivity index (χ2v) is 6.73. The molecule has 1 saturated heterocycles. The summed E-state index contributed by atoms with van der Waals surface area (Å²) in [5.41, 5.74) is 1.24. The first-order valence-corrected chi connectivity index (χ1v) is 8.89. The fourth-order valence-electron chi connectivity index (χ4n) is 3.28. The molecule has 24 heavy (non-hydrogen) atoms. The highest BCUT2D eigenvalue weighted by Crippen LogP contribution is 2.15. The van der Waals surface area contributed by atoms with Crippen molar-refractivity contribution in [2.75, 3.05) is 47.4 Å². The fourth-order valence-corrected chi connectivity index (χ4v) is 3.28. The maximum absolute atomic E-state index is 5.21. The van der Waals surface area contributed by atoms with Crippen molar-refractivity contribution < 1.29 is 4.74 Å². The van der Waals surface area contributed by atoms with Crippen LogP contribution in [0.2, 0.25) is 0 Å². The van der Waals surface area contributed by atoms with Gasteiger partial charge in [-0.3, -0.25) is 4.99 Å². The van der Waals surface area contributed by atoms with Gasteiger partial charge in [-0.15, -0.1) is 0 Å². The molecule has 2 rings (SSSR count). The molecule has 1 heterocycles. The van der Waals surface area contributed by atoms with Crippen molar-refractivity contribution >= 4 is 5.96 Å². The molecule has 0 bridgehead atoms. The summed E-state index contributed by atoms with van der Waals surface area (Å²) in [4.78, 5) is 9.11. The van der Waals surface area contributed by atoms with E-state index in [0.29, 0.717) is 0 Å². The number of hydrogen-bond donors (Lipinski definition) is 1. The summed E-state index contributed by atoms with van der Waals surface area (Å²) < 4.78 is 5.21. The maximum atomic E-state index is 5.21. The number of likely N-dealkylation sites (tertiary alicyclic amines) is 1. The lowest BCUT2D eigenvalue weighted by Gasteiger charge is -2.31. The Morgan fingerprint density at radius 3 is 2.75 bits per heavy atom. The first-order valence-electron chi connectivity index (χ1n) is 8.89. The Hall–Kier alpha value is -1.75. The van der Waals surface area contributed by atoms with Crippen molar-refractivity contribution in [1.82, 2.24) is 15.1 Å². The van der Waals surface area contributed by atoms with Crippen LogP contribution in [0.3, 0.4) is 0 Å². The zero-order chi connectivity index (χ0) is 17.4. The third kappa shape index (κ3) is 5.71. The third-order valence-corrected chi connectivity index (χ3v) is 4.60. The van der Waals surface area contributed by atoms with Crippen LogP contribution < -0.4 is 10.1 Å². The van der Waals surface area contributed by atoms with Crippen molar-refractivity contribution in [1.29, 1.82) is 0 Å². The number of benzene rings is 1. The molecule has 0 radical (unpaired) electrons. The number of methoxy groups -OCH3 is 1. The van der Waals surface area contributed by atoms with E-state index in [0.717, 1.165) is 37.3 Å². The Balaban J connectivity index is 1.77. The van der Waals surface area contributed by atoms with E-state index in [1.807, 2.05) is 19.2 Å². The Kier molecular flexibility index (Phi) is 7.37. The number of piperidine rings is 1. The Labute approximate surface area is 146 Å². The summed E-state index contributed by atoms with van der Waals surface area (Å²) in [5.74, 6) is 2.66. The third-order valence-electron chi connectivity index (χ3n) is 4.60. The molecule has 1 aliphatic rings. The molecule has 5 heteroatoms. The van der Waals surface area contributed by atoms with Crippen LogP contribution in [0.1, 0.15) is 25.3 Å². The minimum Gasteiger partial charge on any atom is -0.497 e. The normalized spacial score (nSPS) is 19.2. The number of nitrogens with zero attached hydrogens (tertiary/aromatic N) is 3.